The monoisotopic (exact) mass is 233 g/mol. The highest BCUT2D eigenvalue weighted by atomic mass is 16.5. The van der Waals surface area contributed by atoms with E-state index in [1.165, 1.54) is 18.4 Å². The van der Waals surface area contributed by atoms with Gasteiger partial charge in [0.2, 0.25) is 0 Å². The van der Waals surface area contributed by atoms with E-state index in [-0.39, 0.29) is 5.54 Å². The second-order valence-corrected chi connectivity index (χ2v) is 5.07. The van der Waals surface area contributed by atoms with E-state index in [9.17, 15) is 0 Å². The van der Waals surface area contributed by atoms with Gasteiger partial charge in [0, 0.05) is 12.0 Å². The number of ether oxygens (including phenoxy) is 2. The van der Waals surface area contributed by atoms with Crippen molar-refractivity contribution in [3.8, 4) is 11.5 Å². The normalized spacial score (nSPS) is 27.8. The van der Waals surface area contributed by atoms with Gasteiger partial charge in [-0.05, 0) is 44.0 Å². The minimum Gasteiger partial charge on any atom is -0.490 e. The van der Waals surface area contributed by atoms with Gasteiger partial charge < -0.3 is 14.8 Å². The Morgan fingerprint density at radius 1 is 1.12 bits per heavy atom. The van der Waals surface area contributed by atoms with Crippen LogP contribution in [0.3, 0.4) is 0 Å². The third-order valence-corrected chi connectivity index (χ3v) is 3.75. The Labute approximate surface area is 102 Å². The zero-order chi connectivity index (χ0) is 11.7. The molecule has 0 aliphatic carbocycles. The standard InChI is InChI=1S/C14H19NO2/c1-14(6-2-7-15-14)11-4-5-12-13(10-11)17-9-3-8-16-12/h4-5,10,15H,2-3,6-9H2,1H3. The average molecular weight is 233 g/mol. The number of fused-ring (bicyclic) bond motifs is 1. The second kappa shape index (κ2) is 4.22. The predicted molar refractivity (Wildman–Crippen MR) is 66.6 cm³/mol. The van der Waals surface area contributed by atoms with E-state index in [1.54, 1.807) is 0 Å². The van der Waals surface area contributed by atoms with Crippen LogP contribution in [0.1, 0.15) is 31.7 Å². The summed E-state index contributed by atoms with van der Waals surface area (Å²) in [6, 6.07) is 6.34. The van der Waals surface area contributed by atoms with Gasteiger partial charge in [0.05, 0.1) is 13.2 Å². The molecule has 3 nitrogen and oxygen atoms in total. The summed E-state index contributed by atoms with van der Waals surface area (Å²) < 4.78 is 11.4. The summed E-state index contributed by atoms with van der Waals surface area (Å²) >= 11 is 0. The van der Waals surface area contributed by atoms with Gasteiger partial charge in [-0.25, -0.2) is 0 Å². The maximum Gasteiger partial charge on any atom is 0.161 e. The van der Waals surface area contributed by atoms with E-state index in [1.807, 2.05) is 6.07 Å². The van der Waals surface area contributed by atoms with Crippen LogP contribution in [-0.4, -0.2) is 19.8 Å². The van der Waals surface area contributed by atoms with Gasteiger partial charge in [-0.2, -0.15) is 0 Å². The molecule has 17 heavy (non-hydrogen) atoms. The zero-order valence-electron chi connectivity index (χ0n) is 10.3. The summed E-state index contributed by atoms with van der Waals surface area (Å²) in [6.07, 6.45) is 3.39. The number of rotatable bonds is 1. The molecule has 1 fully saturated rings. The molecule has 1 aromatic carbocycles. The van der Waals surface area contributed by atoms with Crippen LogP contribution in [0.5, 0.6) is 11.5 Å². The highest BCUT2D eigenvalue weighted by Crippen LogP contribution is 2.37. The van der Waals surface area contributed by atoms with Crippen LogP contribution >= 0.6 is 0 Å². The first kappa shape index (κ1) is 10.9. The topological polar surface area (TPSA) is 30.5 Å². The summed E-state index contributed by atoms with van der Waals surface area (Å²) in [7, 11) is 0. The predicted octanol–water partition coefficient (Wildman–Crippen LogP) is 2.45. The molecule has 1 unspecified atom stereocenters. The van der Waals surface area contributed by atoms with E-state index in [4.69, 9.17) is 9.47 Å². The number of nitrogens with one attached hydrogen (secondary N) is 1. The van der Waals surface area contributed by atoms with E-state index >= 15 is 0 Å². The average Bonchev–Trinajstić information content (AvgIpc) is 2.65. The first-order chi connectivity index (χ1) is 8.28. The fraction of sp³-hybridized carbons (Fsp3) is 0.571. The van der Waals surface area contributed by atoms with Gasteiger partial charge in [0.25, 0.3) is 0 Å². The van der Waals surface area contributed by atoms with Crippen molar-refractivity contribution in [2.75, 3.05) is 19.8 Å². The molecule has 1 atom stereocenters. The lowest BCUT2D eigenvalue weighted by molar-refractivity contribution is 0.296. The van der Waals surface area contributed by atoms with Crippen molar-refractivity contribution in [1.82, 2.24) is 5.32 Å². The molecule has 0 aromatic heterocycles. The lowest BCUT2D eigenvalue weighted by Crippen LogP contribution is -2.33. The maximum atomic E-state index is 5.74. The molecule has 3 heteroatoms. The molecule has 0 bridgehead atoms. The van der Waals surface area contributed by atoms with E-state index in [2.05, 4.69) is 24.4 Å². The summed E-state index contributed by atoms with van der Waals surface area (Å²) in [5.74, 6) is 1.78. The van der Waals surface area contributed by atoms with E-state index < -0.39 is 0 Å². The summed E-state index contributed by atoms with van der Waals surface area (Å²) in [4.78, 5) is 0. The number of benzene rings is 1. The molecule has 0 saturated carbocycles. The fourth-order valence-corrected chi connectivity index (χ4v) is 2.65. The maximum absolute atomic E-state index is 5.74. The van der Waals surface area contributed by atoms with Crippen molar-refractivity contribution < 1.29 is 9.47 Å². The Kier molecular flexibility index (Phi) is 2.71. The lowest BCUT2D eigenvalue weighted by Gasteiger charge is -2.25. The molecule has 1 saturated heterocycles. The van der Waals surface area contributed by atoms with Crippen molar-refractivity contribution in [2.45, 2.75) is 31.7 Å². The Hall–Kier alpha value is -1.22. The molecule has 1 N–H and O–H groups in total. The van der Waals surface area contributed by atoms with Crippen LogP contribution in [0.2, 0.25) is 0 Å². The summed E-state index contributed by atoms with van der Waals surface area (Å²) in [5, 5.41) is 3.58. The SMILES string of the molecule is CC1(c2ccc3c(c2)OCCCO3)CCCN1. The van der Waals surface area contributed by atoms with Gasteiger partial charge in [0.1, 0.15) is 0 Å². The number of hydrogen-bond donors (Lipinski definition) is 1. The van der Waals surface area contributed by atoms with Gasteiger partial charge in [-0.15, -0.1) is 0 Å². The van der Waals surface area contributed by atoms with Crippen LogP contribution in [0.25, 0.3) is 0 Å². The molecular weight excluding hydrogens is 214 g/mol. The summed E-state index contributed by atoms with van der Waals surface area (Å²) in [6.45, 7) is 4.87. The van der Waals surface area contributed by atoms with Gasteiger partial charge in [-0.3, -0.25) is 0 Å². The Bertz CT molecular complexity index is 411. The van der Waals surface area contributed by atoms with Gasteiger partial charge in [-0.1, -0.05) is 6.07 Å². The largest absolute Gasteiger partial charge is 0.490 e. The molecule has 0 amide bonds. The number of hydrogen-bond acceptors (Lipinski definition) is 3. The highest BCUT2D eigenvalue weighted by Gasteiger charge is 2.30. The van der Waals surface area contributed by atoms with Crippen LogP contribution in [-0.2, 0) is 5.54 Å². The highest BCUT2D eigenvalue weighted by molar-refractivity contribution is 5.45. The quantitative estimate of drug-likeness (QED) is 0.808. The van der Waals surface area contributed by atoms with Crippen molar-refractivity contribution >= 4 is 0 Å². The first-order valence-electron chi connectivity index (χ1n) is 6.43. The Morgan fingerprint density at radius 3 is 2.71 bits per heavy atom. The molecule has 2 aliphatic rings. The van der Waals surface area contributed by atoms with Crippen molar-refractivity contribution in [2.24, 2.45) is 0 Å². The molecule has 2 aliphatic heterocycles. The third-order valence-electron chi connectivity index (χ3n) is 3.75. The second-order valence-electron chi connectivity index (χ2n) is 5.07. The molecule has 92 valence electrons. The molecule has 1 aromatic rings. The minimum absolute atomic E-state index is 0.102. The van der Waals surface area contributed by atoms with Crippen LogP contribution in [0.15, 0.2) is 18.2 Å². The van der Waals surface area contributed by atoms with Crippen molar-refractivity contribution in [3.05, 3.63) is 23.8 Å². The third kappa shape index (κ3) is 2.00. The zero-order valence-corrected chi connectivity index (χ0v) is 10.3. The Balaban J connectivity index is 1.94. The Morgan fingerprint density at radius 2 is 1.94 bits per heavy atom. The fourth-order valence-electron chi connectivity index (χ4n) is 2.65. The molecule has 0 radical (unpaired) electrons. The molecule has 3 rings (SSSR count). The van der Waals surface area contributed by atoms with E-state index in [0.717, 1.165) is 37.7 Å². The molecule has 2 heterocycles. The summed E-state index contributed by atoms with van der Waals surface area (Å²) in [5.41, 5.74) is 1.41. The lowest BCUT2D eigenvalue weighted by atomic mass is 9.90. The van der Waals surface area contributed by atoms with Crippen LogP contribution in [0, 0.1) is 0 Å². The first-order valence-corrected chi connectivity index (χ1v) is 6.43. The van der Waals surface area contributed by atoms with Crippen LogP contribution in [0.4, 0.5) is 0 Å². The van der Waals surface area contributed by atoms with Gasteiger partial charge in [0.15, 0.2) is 11.5 Å². The van der Waals surface area contributed by atoms with Crippen molar-refractivity contribution in [3.63, 3.8) is 0 Å². The smallest absolute Gasteiger partial charge is 0.161 e. The molecular formula is C14H19NO2. The van der Waals surface area contributed by atoms with Crippen LogP contribution < -0.4 is 14.8 Å². The van der Waals surface area contributed by atoms with Gasteiger partial charge >= 0.3 is 0 Å². The van der Waals surface area contributed by atoms with Crippen molar-refractivity contribution in [1.29, 1.82) is 0 Å². The minimum atomic E-state index is 0.102. The van der Waals surface area contributed by atoms with E-state index in [0.29, 0.717) is 0 Å². The molecule has 0 spiro atoms.